The van der Waals surface area contributed by atoms with Gasteiger partial charge in [-0.1, -0.05) is 0 Å². The molecule has 0 aliphatic carbocycles. The van der Waals surface area contributed by atoms with Crippen molar-refractivity contribution < 1.29 is 38.1 Å². The Kier molecular flexibility index (Phi) is 8.86. The van der Waals surface area contributed by atoms with E-state index in [4.69, 9.17) is 24.7 Å². The van der Waals surface area contributed by atoms with Crippen molar-refractivity contribution in [2.45, 2.75) is 58.4 Å². The topological polar surface area (TPSA) is 155 Å². The number of nitrogens with two attached hydrogens (primary N) is 1. The van der Waals surface area contributed by atoms with Crippen molar-refractivity contribution in [3.8, 4) is 0 Å². The first-order chi connectivity index (χ1) is 13.1. The van der Waals surface area contributed by atoms with E-state index in [2.05, 4.69) is 10.9 Å². The number of carbonyl (C=O) groups is 4. The summed E-state index contributed by atoms with van der Waals surface area (Å²) in [6.45, 7) is 5.38. The smallest absolute Gasteiger partial charge is 0.373 e. The zero-order valence-electron chi connectivity index (χ0n) is 16.4. The number of rotatable bonds is 9. The molecular formula is C17H27N3O8. The zero-order valence-corrected chi connectivity index (χ0v) is 16.4. The summed E-state index contributed by atoms with van der Waals surface area (Å²) in [6.07, 6.45) is 0.522. The van der Waals surface area contributed by atoms with Crippen molar-refractivity contribution in [2.24, 2.45) is 5.73 Å². The molecule has 1 heterocycles. The number of esters is 3. The summed E-state index contributed by atoms with van der Waals surface area (Å²) in [7, 11) is 0. The van der Waals surface area contributed by atoms with Gasteiger partial charge in [-0.15, -0.1) is 0 Å². The van der Waals surface area contributed by atoms with Gasteiger partial charge in [-0.05, 0) is 19.4 Å². The molecule has 0 aromatic carbocycles. The van der Waals surface area contributed by atoms with Crippen LogP contribution in [-0.4, -0.2) is 54.9 Å². The minimum Gasteiger partial charge on any atom is -0.466 e. The summed E-state index contributed by atoms with van der Waals surface area (Å²) in [5.41, 5.74) is 9.77. The summed E-state index contributed by atoms with van der Waals surface area (Å²) in [6, 6.07) is -0.767. The molecule has 0 aromatic heterocycles. The Balaban J connectivity index is 3.14. The van der Waals surface area contributed by atoms with Gasteiger partial charge < -0.3 is 18.9 Å². The summed E-state index contributed by atoms with van der Waals surface area (Å²) in [5.74, 6) is -2.41. The van der Waals surface area contributed by atoms with Crippen LogP contribution in [0, 0.1) is 0 Å². The van der Waals surface area contributed by atoms with Crippen LogP contribution in [0.4, 0.5) is 0 Å². The van der Waals surface area contributed by atoms with Gasteiger partial charge in [-0.3, -0.25) is 25.5 Å². The van der Waals surface area contributed by atoms with Crippen LogP contribution >= 0.6 is 0 Å². The molecule has 1 amide bonds. The van der Waals surface area contributed by atoms with E-state index in [1.54, 1.807) is 6.92 Å². The molecule has 0 aromatic rings. The first kappa shape index (κ1) is 23.4. The highest BCUT2D eigenvalue weighted by molar-refractivity contribution is 5.86. The van der Waals surface area contributed by atoms with Crippen LogP contribution in [0.15, 0.2) is 11.8 Å². The summed E-state index contributed by atoms with van der Waals surface area (Å²) in [5, 5.41) is 0. The van der Waals surface area contributed by atoms with Crippen molar-refractivity contribution in [2.75, 3.05) is 13.2 Å². The maximum absolute atomic E-state index is 12.1. The number of hydrazine groups is 1. The highest BCUT2D eigenvalue weighted by Gasteiger charge is 2.50. The van der Waals surface area contributed by atoms with Crippen molar-refractivity contribution in [3.05, 3.63) is 11.8 Å². The lowest BCUT2D eigenvalue weighted by Crippen LogP contribution is -2.69. The second-order valence-corrected chi connectivity index (χ2v) is 6.09. The van der Waals surface area contributed by atoms with Crippen LogP contribution in [0.5, 0.6) is 0 Å². The average Bonchev–Trinajstić information content (AvgIpc) is 2.59. The van der Waals surface area contributed by atoms with Gasteiger partial charge in [0, 0.05) is 27.2 Å². The molecule has 0 bridgehead atoms. The third kappa shape index (κ3) is 6.82. The van der Waals surface area contributed by atoms with Gasteiger partial charge in [0.15, 0.2) is 6.10 Å². The minimum absolute atomic E-state index is 0.00398. The van der Waals surface area contributed by atoms with Crippen molar-refractivity contribution >= 4 is 23.8 Å². The van der Waals surface area contributed by atoms with Gasteiger partial charge in [0.2, 0.25) is 17.4 Å². The third-order valence-corrected chi connectivity index (χ3v) is 3.77. The number of hydrogen-bond acceptors (Lipinski definition) is 10. The first-order valence-electron chi connectivity index (χ1n) is 8.78. The van der Waals surface area contributed by atoms with Crippen molar-refractivity contribution in [1.29, 1.82) is 0 Å². The molecule has 0 saturated heterocycles. The molecule has 0 radical (unpaired) electrons. The van der Waals surface area contributed by atoms with Gasteiger partial charge in [0.25, 0.3) is 0 Å². The van der Waals surface area contributed by atoms with Crippen LogP contribution < -0.4 is 16.6 Å². The van der Waals surface area contributed by atoms with E-state index in [1.807, 2.05) is 0 Å². The molecular weight excluding hydrogens is 374 g/mol. The summed E-state index contributed by atoms with van der Waals surface area (Å²) >= 11 is 0. The van der Waals surface area contributed by atoms with E-state index in [1.165, 1.54) is 26.8 Å². The maximum Gasteiger partial charge on any atom is 0.373 e. The second kappa shape index (κ2) is 10.6. The Morgan fingerprint density at radius 1 is 1.25 bits per heavy atom. The van der Waals surface area contributed by atoms with Gasteiger partial charge in [-0.2, -0.15) is 0 Å². The Bertz CT molecular complexity index is 636. The Morgan fingerprint density at radius 3 is 2.46 bits per heavy atom. The van der Waals surface area contributed by atoms with Gasteiger partial charge >= 0.3 is 17.9 Å². The van der Waals surface area contributed by atoms with Crippen LogP contribution in [-0.2, 0) is 38.1 Å². The molecule has 4 N–H and O–H groups in total. The van der Waals surface area contributed by atoms with Crippen LogP contribution in [0.25, 0.3) is 0 Å². The molecule has 1 rings (SSSR count). The fourth-order valence-corrected chi connectivity index (χ4v) is 2.58. The van der Waals surface area contributed by atoms with E-state index in [0.29, 0.717) is 0 Å². The lowest BCUT2D eigenvalue weighted by molar-refractivity contribution is -0.182. The monoisotopic (exact) mass is 401 g/mol. The average molecular weight is 401 g/mol. The van der Waals surface area contributed by atoms with Crippen LogP contribution in [0.1, 0.15) is 40.5 Å². The minimum atomic E-state index is -1.76. The van der Waals surface area contributed by atoms with Crippen molar-refractivity contribution in [1.82, 2.24) is 10.9 Å². The first-order valence-corrected chi connectivity index (χ1v) is 8.78. The van der Waals surface area contributed by atoms with E-state index < -0.39 is 35.8 Å². The van der Waals surface area contributed by atoms with E-state index >= 15 is 0 Å². The lowest BCUT2D eigenvalue weighted by Gasteiger charge is -2.44. The molecule has 158 valence electrons. The fraction of sp³-hybridized carbons (Fsp3) is 0.647. The Labute approximate surface area is 162 Å². The number of carbonyl (C=O) groups excluding carboxylic acids is 4. The highest BCUT2D eigenvalue weighted by Crippen LogP contribution is 2.30. The molecule has 1 aliphatic rings. The number of nitrogens with one attached hydrogen (secondary N) is 2. The molecule has 0 fully saturated rings. The Morgan fingerprint density at radius 2 is 1.93 bits per heavy atom. The van der Waals surface area contributed by atoms with Crippen LogP contribution in [0.3, 0.4) is 0 Å². The normalized spacial score (nSPS) is 22.2. The molecule has 11 nitrogen and oxygen atoms in total. The van der Waals surface area contributed by atoms with Gasteiger partial charge in [0.1, 0.15) is 0 Å². The highest BCUT2D eigenvalue weighted by atomic mass is 16.6. The summed E-state index contributed by atoms with van der Waals surface area (Å²) in [4.78, 5) is 46.0. The largest absolute Gasteiger partial charge is 0.466 e. The number of hydrogen-bond donors (Lipinski definition) is 3. The fourth-order valence-electron chi connectivity index (χ4n) is 2.58. The van der Waals surface area contributed by atoms with Gasteiger partial charge in [0.05, 0.1) is 19.3 Å². The Hall–Kier alpha value is -2.66. The number of amides is 1. The quantitative estimate of drug-likeness (QED) is 0.259. The molecule has 0 spiro atoms. The van der Waals surface area contributed by atoms with Crippen molar-refractivity contribution in [3.63, 3.8) is 0 Å². The predicted molar refractivity (Wildman–Crippen MR) is 94.9 cm³/mol. The van der Waals surface area contributed by atoms with E-state index in [9.17, 15) is 19.2 Å². The molecule has 1 aliphatic heterocycles. The van der Waals surface area contributed by atoms with Crippen LogP contribution in [0.2, 0.25) is 0 Å². The SMILES string of the molecule is CCOC(=O)C1=CC[C@@H](NNC(C)=O)[C@](N)([C@@H](CCOC(C)=O)OC(C)=O)O1. The zero-order chi connectivity index (χ0) is 21.3. The maximum atomic E-state index is 12.1. The second-order valence-electron chi connectivity index (χ2n) is 6.09. The molecule has 11 heteroatoms. The standard InChI is InChI=1S/C17H27N3O8/c1-5-25-16(24)13-6-7-14(20-19-10(2)21)17(18,28-13)15(27-12(4)23)8-9-26-11(3)22/h6,14-15,20H,5,7-9,18H2,1-4H3,(H,19,21)/t14-,15-,17-/m1/s1. The lowest BCUT2D eigenvalue weighted by atomic mass is 9.91. The summed E-state index contributed by atoms with van der Waals surface area (Å²) < 4.78 is 20.8. The van der Waals surface area contributed by atoms with E-state index in [0.717, 1.165) is 0 Å². The van der Waals surface area contributed by atoms with E-state index in [-0.39, 0.29) is 37.7 Å². The molecule has 28 heavy (non-hydrogen) atoms. The molecule has 3 atom stereocenters. The predicted octanol–water partition coefficient (Wildman–Crippen LogP) is -0.597. The third-order valence-electron chi connectivity index (χ3n) is 3.77. The number of ether oxygens (including phenoxy) is 4. The molecule has 0 unspecified atom stereocenters. The van der Waals surface area contributed by atoms with Gasteiger partial charge in [-0.25, -0.2) is 10.2 Å². The molecule has 0 saturated carbocycles.